The first-order valence-electron chi connectivity index (χ1n) is 10.6. The van der Waals surface area contributed by atoms with Crippen LogP contribution in [0.4, 0.5) is 26.1 Å². The largest absolute Gasteiger partial charge is 0.379 e. The van der Waals surface area contributed by atoms with E-state index in [0.29, 0.717) is 60.4 Å². The summed E-state index contributed by atoms with van der Waals surface area (Å²) in [5, 5.41) is 12.0. The number of ether oxygens (including phenoxy) is 1. The quantitative estimate of drug-likeness (QED) is 0.636. The number of nitrogens with one attached hydrogen (secondary N) is 1. The van der Waals surface area contributed by atoms with Gasteiger partial charge in [-0.2, -0.15) is 5.26 Å². The van der Waals surface area contributed by atoms with Crippen molar-refractivity contribution in [3.8, 4) is 6.07 Å². The average Bonchev–Trinajstić information content (AvgIpc) is 3.26. The Morgan fingerprint density at radius 1 is 1.12 bits per heavy atom. The van der Waals surface area contributed by atoms with E-state index >= 15 is 0 Å². The molecule has 1 aromatic heterocycles. The number of aliphatic imine (C=N–C) groups is 1. The SMILES string of the molecule is N#Cc1ccc(Nc2ncc3c(n2)C(c2cc(F)c(CN4CCOCC4)c(F)c2)C=N3)cc1. The molecule has 0 spiro atoms. The summed E-state index contributed by atoms with van der Waals surface area (Å²) >= 11 is 0. The molecule has 3 heterocycles. The van der Waals surface area contributed by atoms with Gasteiger partial charge in [0.1, 0.15) is 17.3 Å². The van der Waals surface area contributed by atoms with Crippen LogP contribution in [0.2, 0.25) is 0 Å². The molecule has 1 fully saturated rings. The number of hydrogen-bond acceptors (Lipinski definition) is 7. The summed E-state index contributed by atoms with van der Waals surface area (Å²) in [7, 11) is 0. The van der Waals surface area contributed by atoms with Gasteiger partial charge in [0.25, 0.3) is 0 Å². The van der Waals surface area contributed by atoms with Crippen molar-refractivity contribution < 1.29 is 13.5 Å². The molecule has 7 nitrogen and oxygen atoms in total. The van der Waals surface area contributed by atoms with Gasteiger partial charge in [-0.25, -0.2) is 18.7 Å². The number of fused-ring (bicyclic) bond motifs is 1. The maximum Gasteiger partial charge on any atom is 0.227 e. The lowest BCUT2D eigenvalue weighted by atomic mass is 9.95. The molecule has 0 radical (unpaired) electrons. The van der Waals surface area contributed by atoms with Gasteiger partial charge in [-0.15, -0.1) is 0 Å². The highest BCUT2D eigenvalue weighted by Gasteiger charge is 2.26. The van der Waals surface area contributed by atoms with Crippen LogP contribution >= 0.6 is 0 Å². The second kappa shape index (κ2) is 9.02. The van der Waals surface area contributed by atoms with Crippen LogP contribution in [0.15, 0.2) is 47.6 Å². The van der Waals surface area contributed by atoms with Gasteiger partial charge in [-0.05, 0) is 42.0 Å². The fourth-order valence-electron chi connectivity index (χ4n) is 3.94. The molecule has 2 aliphatic rings. The second-order valence-corrected chi connectivity index (χ2v) is 7.89. The minimum absolute atomic E-state index is 0.0571. The lowest BCUT2D eigenvalue weighted by Crippen LogP contribution is -2.36. The summed E-state index contributed by atoms with van der Waals surface area (Å²) < 4.78 is 35.1. The predicted octanol–water partition coefficient (Wildman–Crippen LogP) is 4.05. The highest BCUT2D eigenvalue weighted by atomic mass is 19.1. The lowest BCUT2D eigenvalue weighted by Gasteiger charge is -2.27. The smallest absolute Gasteiger partial charge is 0.227 e. The van der Waals surface area contributed by atoms with E-state index in [1.54, 1.807) is 36.7 Å². The summed E-state index contributed by atoms with van der Waals surface area (Å²) in [6.07, 6.45) is 3.20. The van der Waals surface area contributed by atoms with Crippen molar-refractivity contribution >= 4 is 23.5 Å². The second-order valence-electron chi connectivity index (χ2n) is 7.89. The number of aromatic nitrogens is 2. The summed E-state index contributed by atoms with van der Waals surface area (Å²) in [4.78, 5) is 15.1. The van der Waals surface area contributed by atoms with E-state index in [1.165, 1.54) is 12.1 Å². The average molecular weight is 446 g/mol. The van der Waals surface area contributed by atoms with Crippen LogP contribution in [0.5, 0.6) is 0 Å². The van der Waals surface area contributed by atoms with Crippen LogP contribution in [0.3, 0.4) is 0 Å². The Morgan fingerprint density at radius 2 is 1.85 bits per heavy atom. The Hall–Kier alpha value is -3.74. The van der Waals surface area contributed by atoms with Crippen molar-refractivity contribution in [3.63, 3.8) is 0 Å². The van der Waals surface area contributed by atoms with Crippen molar-refractivity contribution in [2.45, 2.75) is 12.5 Å². The number of anilines is 2. The normalized spacial score (nSPS) is 17.5. The number of morpholine rings is 1. The molecule has 166 valence electrons. The Balaban J connectivity index is 1.38. The van der Waals surface area contributed by atoms with E-state index in [1.807, 2.05) is 4.90 Å². The van der Waals surface area contributed by atoms with Gasteiger partial charge in [0.2, 0.25) is 5.95 Å². The molecule has 1 unspecified atom stereocenters. The topological polar surface area (TPSA) is 86.4 Å². The van der Waals surface area contributed by atoms with Crippen molar-refractivity contribution in [1.82, 2.24) is 14.9 Å². The standard InChI is InChI=1S/C24H20F2N6O/c25-20-9-16(10-21(26)19(20)14-32-5-7-33-8-6-32)18-12-28-22-13-29-24(31-23(18)22)30-17-3-1-15(11-27)2-4-17/h1-4,9-10,12-13,18H,5-8,14H2,(H,29,30,31). The van der Waals surface area contributed by atoms with Gasteiger partial charge < -0.3 is 10.1 Å². The van der Waals surface area contributed by atoms with Crippen molar-refractivity contribution in [2.24, 2.45) is 4.99 Å². The Kier molecular flexibility index (Phi) is 5.77. The zero-order chi connectivity index (χ0) is 22.8. The molecule has 0 aliphatic carbocycles. The van der Waals surface area contributed by atoms with Crippen LogP contribution in [0, 0.1) is 23.0 Å². The molecule has 33 heavy (non-hydrogen) atoms. The number of nitriles is 1. The Morgan fingerprint density at radius 3 is 2.55 bits per heavy atom. The summed E-state index contributed by atoms with van der Waals surface area (Å²) in [5.41, 5.74) is 2.89. The van der Waals surface area contributed by atoms with E-state index in [0.717, 1.165) is 0 Å². The van der Waals surface area contributed by atoms with E-state index in [4.69, 9.17) is 10.00 Å². The lowest BCUT2D eigenvalue weighted by molar-refractivity contribution is 0.0332. The molecule has 1 saturated heterocycles. The third-order valence-electron chi connectivity index (χ3n) is 5.73. The maximum atomic E-state index is 14.9. The van der Waals surface area contributed by atoms with Gasteiger partial charge in [-0.3, -0.25) is 9.89 Å². The van der Waals surface area contributed by atoms with Crippen LogP contribution in [-0.2, 0) is 11.3 Å². The Bertz CT molecular complexity index is 1230. The van der Waals surface area contributed by atoms with Gasteiger partial charge in [0.15, 0.2) is 0 Å². The van der Waals surface area contributed by atoms with Gasteiger partial charge in [0, 0.05) is 37.1 Å². The number of benzene rings is 2. The fraction of sp³-hybridized carbons (Fsp3) is 0.250. The molecular formula is C24H20F2N6O. The fourth-order valence-corrected chi connectivity index (χ4v) is 3.94. The number of hydrogen-bond donors (Lipinski definition) is 1. The maximum absolute atomic E-state index is 14.9. The summed E-state index contributed by atoms with van der Waals surface area (Å²) in [6.45, 7) is 2.63. The third-order valence-corrected chi connectivity index (χ3v) is 5.73. The van der Waals surface area contributed by atoms with Crippen LogP contribution in [-0.4, -0.2) is 47.4 Å². The first kappa shape index (κ1) is 21.1. The van der Waals surface area contributed by atoms with E-state index in [-0.39, 0.29) is 12.1 Å². The molecule has 1 N–H and O–H groups in total. The minimum atomic E-state index is -0.580. The van der Waals surface area contributed by atoms with Crippen molar-refractivity contribution in [1.29, 1.82) is 5.26 Å². The number of rotatable bonds is 5. The molecule has 0 amide bonds. The van der Waals surface area contributed by atoms with Crippen LogP contribution in [0.1, 0.15) is 28.3 Å². The highest BCUT2D eigenvalue weighted by molar-refractivity contribution is 5.83. The van der Waals surface area contributed by atoms with Gasteiger partial charge in [0.05, 0.1) is 42.7 Å². The van der Waals surface area contributed by atoms with Crippen molar-refractivity contribution in [2.75, 3.05) is 31.6 Å². The number of nitrogens with zero attached hydrogens (tertiary/aromatic N) is 5. The molecule has 0 bridgehead atoms. The predicted molar refractivity (Wildman–Crippen MR) is 119 cm³/mol. The summed E-state index contributed by atoms with van der Waals surface area (Å²) in [6, 6.07) is 11.7. The number of halogens is 2. The molecule has 3 aromatic rings. The zero-order valence-corrected chi connectivity index (χ0v) is 17.6. The monoisotopic (exact) mass is 446 g/mol. The first-order chi connectivity index (χ1) is 16.1. The van der Waals surface area contributed by atoms with E-state index in [2.05, 4.69) is 26.3 Å². The molecule has 5 rings (SSSR count). The van der Waals surface area contributed by atoms with E-state index < -0.39 is 17.6 Å². The minimum Gasteiger partial charge on any atom is -0.379 e. The zero-order valence-electron chi connectivity index (χ0n) is 17.6. The highest BCUT2D eigenvalue weighted by Crippen LogP contribution is 2.36. The van der Waals surface area contributed by atoms with Crippen LogP contribution in [0.25, 0.3) is 0 Å². The van der Waals surface area contributed by atoms with E-state index in [9.17, 15) is 8.78 Å². The first-order valence-corrected chi connectivity index (χ1v) is 10.6. The molecule has 2 aromatic carbocycles. The molecular weight excluding hydrogens is 426 g/mol. The molecule has 2 aliphatic heterocycles. The molecule has 1 atom stereocenters. The summed E-state index contributed by atoms with van der Waals surface area (Å²) in [5.74, 6) is -1.31. The van der Waals surface area contributed by atoms with Gasteiger partial charge in [-0.1, -0.05) is 0 Å². The molecule has 9 heteroatoms. The third kappa shape index (κ3) is 4.44. The van der Waals surface area contributed by atoms with Gasteiger partial charge >= 0.3 is 0 Å². The van der Waals surface area contributed by atoms with Crippen molar-refractivity contribution in [3.05, 3.63) is 76.6 Å². The Labute approximate surface area is 189 Å². The molecule has 0 saturated carbocycles. The van der Waals surface area contributed by atoms with Crippen LogP contribution < -0.4 is 5.32 Å².